The highest BCUT2D eigenvalue weighted by Gasteiger charge is 2.59. The van der Waals surface area contributed by atoms with Crippen molar-refractivity contribution in [2.45, 2.75) is 111 Å². The monoisotopic (exact) mass is 531 g/mol. The number of fused-ring (bicyclic) bond motifs is 5. The van der Waals surface area contributed by atoms with Crippen molar-refractivity contribution in [1.82, 2.24) is 5.32 Å². The maximum atomic E-state index is 12.4. The van der Waals surface area contributed by atoms with Gasteiger partial charge in [-0.25, -0.2) is 4.79 Å². The Bertz CT molecular complexity index is 811. The number of alkyl carbamates (subject to hydrolysis) is 1. The lowest BCUT2D eigenvalue weighted by Crippen LogP contribution is -2.51. The van der Waals surface area contributed by atoms with Gasteiger partial charge in [0.05, 0.1) is 19.8 Å². The topological polar surface area (TPSA) is 56.8 Å². The second kappa shape index (κ2) is 13.1. The van der Waals surface area contributed by atoms with Crippen LogP contribution in [0.4, 0.5) is 4.79 Å². The van der Waals surface area contributed by atoms with Gasteiger partial charge in [-0.3, -0.25) is 0 Å². The second-order valence-corrected chi connectivity index (χ2v) is 14.1. The van der Waals surface area contributed by atoms with Gasteiger partial charge in [0.25, 0.3) is 0 Å². The minimum atomic E-state index is -0.309. The van der Waals surface area contributed by atoms with Gasteiger partial charge in [-0.2, -0.15) is 0 Å². The van der Waals surface area contributed by atoms with Crippen molar-refractivity contribution in [3.05, 3.63) is 11.6 Å². The maximum Gasteiger partial charge on any atom is 0.407 e. The number of nitrogens with one attached hydrogen (secondary N) is 1. The molecule has 3 saturated carbocycles. The lowest BCUT2D eigenvalue weighted by Gasteiger charge is -2.58. The molecule has 0 spiro atoms. The van der Waals surface area contributed by atoms with E-state index in [-0.39, 0.29) is 17.6 Å². The molecule has 0 saturated heterocycles. The lowest BCUT2D eigenvalue weighted by atomic mass is 9.47. The molecule has 1 N–H and O–H groups in total. The zero-order chi connectivity index (χ0) is 27.3. The molecule has 0 aromatic heterocycles. The van der Waals surface area contributed by atoms with E-state index < -0.39 is 0 Å². The van der Waals surface area contributed by atoms with E-state index in [1.807, 2.05) is 0 Å². The Kier molecular flexibility index (Phi) is 10.3. The van der Waals surface area contributed by atoms with Crippen molar-refractivity contribution in [3.63, 3.8) is 0 Å². The molecule has 0 aromatic carbocycles. The zero-order valence-corrected chi connectivity index (χ0v) is 25.4. The molecule has 4 aliphatic carbocycles. The van der Waals surface area contributed by atoms with Crippen molar-refractivity contribution in [3.8, 4) is 0 Å². The highest BCUT2D eigenvalue weighted by atomic mass is 16.6. The molecule has 1 amide bonds. The van der Waals surface area contributed by atoms with Crippen LogP contribution < -0.4 is 5.32 Å². The van der Waals surface area contributed by atoms with Crippen molar-refractivity contribution >= 4 is 6.09 Å². The number of carbonyl (C=O) groups is 1. The third-order valence-electron chi connectivity index (χ3n) is 11.5. The Balaban J connectivity index is 1.31. The molecule has 5 heteroatoms. The molecule has 4 rings (SSSR count). The number of methoxy groups -OCH3 is 1. The summed E-state index contributed by atoms with van der Waals surface area (Å²) in [5.74, 6) is 5.13. The average Bonchev–Trinajstić information content (AvgIpc) is 3.23. The largest absolute Gasteiger partial charge is 0.446 e. The van der Waals surface area contributed by atoms with E-state index in [1.165, 1.54) is 51.4 Å². The molecule has 5 nitrogen and oxygen atoms in total. The van der Waals surface area contributed by atoms with Gasteiger partial charge in [0.15, 0.2) is 0 Å². The fraction of sp³-hybridized carbons (Fsp3) is 0.909. The molecule has 0 heterocycles. The molecule has 0 bridgehead atoms. The summed E-state index contributed by atoms with van der Waals surface area (Å²) in [5.41, 5.74) is 2.40. The summed E-state index contributed by atoms with van der Waals surface area (Å²) in [6.07, 6.45) is 16.4. The highest BCUT2D eigenvalue weighted by molar-refractivity contribution is 5.67. The van der Waals surface area contributed by atoms with Gasteiger partial charge in [0.1, 0.15) is 6.10 Å². The van der Waals surface area contributed by atoms with Crippen molar-refractivity contribution in [2.75, 3.05) is 33.5 Å². The van der Waals surface area contributed by atoms with Crippen LogP contribution in [-0.2, 0) is 14.2 Å². The van der Waals surface area contributed by atoms with Crippen molar-refractivity contribution in [1.29, 1.82) is 0 Å². The Morgan fingerprint density at radius 3 is 2.61 bits per heavy atom. The average molecular weight is 532 g/mol. The van der Waals surface area contributed by atoms with E-state index in [0.29, 0.717) is 31.8 Å². The van der Waals surface area contributed by atoms with Crippen molar-refractivity contribution in [2.24, 2.45) is 46.3 Å². The standard InChI is InChI=1S/C33H57NO4/c1-23(2)8-7-9-24(3)28-12-13-29-27-11-10-25-22-26(38-31(35)34-18-19-37-21-20-36-6)14-16-32(25,4)30(27)15-17-33(28,29)5/h10,23-24,26-30H,7-9,11-22H2,1-6H3,(H,34,35)/t24?,26-,27?,28?,29?,30?,32-,33+/m0/s1. The number of ether oxygens (including phenoxy) is 3. The first-order valence-electron chi connectivity index (χ1n) is 15.9. The molecule has 3 fully saturated rings. The highest BCUT2D eigenvalue weighted by Crippen LogP contribution is 2.67. The first-order valence-corrected chi connectivity index (χ1v) is 15.9. The van der Waals surface area contributed by atoms with Gasteiger partial charge >= 0.3 is 6.09 Å². The Morgan fingerprint density at radius 2 is 1.84 bits per heavy atom. The molecule has 4 aliphatic rings. The van der Waals surface area contributed by atoms with E-state index in [9.17, 15) is 4.79 Å². The van der Waals surface area contributed by atoms with E-state index in [0.717, 1.165) is 54.8 Å². The Hall–Kier alpha value is -1.07. The van der Waals surface area contributed by atoms with E-state index in [4.69, 9.17) is 14.2 Å². The van der Waals surface area contributed by atoms with Crippen LogP contribution in [0.25, 0.3) is 0 Å². The second-order valence-electron chi connectivity index (χ2n) is 14.1. The summed E-state index contributed by atoms with van der Waals surface area (Å²) in [7, 11) is 1.66. The summed E-state index contributed by atoms with van der Waals surface area (Å²) in [5, 5.41) is 2.85. The quantitative estimate of drug-likeness (QED) is 0.206. The first kappa shape index (κ1) is 29.9. The van der Waals surface area contributed by atoms with Crippen LogP contribution in [0.1, 0.15) is 105 Å². The van der Waals surface area contributed by atoms with E-state index >= 15 is 0 Å². The lowest BCUT2D eigenvalue weighted by molar-refractivity contribution is -0.0581. The number of amides is 1. The molecule has 218 valence electrons. The molecule has 0 aromatic rings. The molecular formula is C33H57NO4. The summed E-state index contributed by atoms with van der Waals surface area (Å²) in [6.45, 7) is 14.6. The Labute approximate surface area is 233 Å². The number of rotatable bonds is 12. The predicted molar refractivity (Wildman–Crippen MR) is 154 cm³/mol. The normalized spacial score (nSPS) is 37.1. The maximum absolute atomic E-state index is 12.4. The van der Waals surface area contributed by atoms with Gasteiger partial charge in [-0.15, -0.1) is 0 Å². The predicted octanol–water partition coefficient (Wildman–Crippen LogP) is 7.79. The van der Waals surface area contributed by atoms with E-state index in [2.05, 4.69) is 46.0 Å². The molecule has 0 aliphatic heterocycles. The fourth-order valence-electron chi connectivity index (χ4n) is 9.42. The van der Waals surface area contributed by atoms with Crippen LogP contribution in [0.15, 0.2) is 11.6 Å². The zero-order valence-electron chi connectivity index (χ0n) is 25.4. The summed E-state index contributed by atoms with van der Waals surface area (Å²) >= 11 is 0. The smallest absolute Gasteiger partial charge is 0.407 e. The molecule has 38 heavy (non-hydrogen) atoms. The van der Waals surface area contributed by atoms with Crippen LogP contribution in [0.3, 0.4) is 0 Å². The number of allylic oxidation sites excluding steroid dienone is 1. The van der Waals surface area contributed by atoms with Gasteiger partial charge in [0, 0.05) is 20.1 Å². The van der Waals surface area contributed by atoms with Crippen LogP contribution in [0.5, 0.6) is 0 Å². The number of carbonyl (C=O) groups excluding carboxylic acids is 1. The third-order valence-corrected chi connectivity index (χ3v) is 11.5. The summed E-state index contributed by atoms with van der Waals surface area (Å²) < 4.78 is 16.2. The molecule has 8 atom stereocenters. The van der Waals surface area contributed by atoms with Crippen LogP contribution in [0.2, 0.25) is 0 Å². The van der Waals surface area contributed by atoms with Crippen molar-refractivity contribution < 1.29 is 19.0 Å². The van der Waals surface area contributed by atoms with Gasteiger partial charge < -0.3 is 19.5 Å². The molecular weight excluding hydrogens is 474 g/mol. The first-order chi connectivity index (χ1) is 18.2. The molecule has 0 radical (unpaired) electrons. The van der Waals surface area contributed by atoms with Crippen LogP contribution in [0, 0.1) is 46.3 Å². The van der Waals surface area contributed by atoms with Gasteiger partial charge in [0.2, 0.25) is 0 Å². The molecule has 5 unspecified atom stereocenters. The SMILES string of the molecule is COCCOCCNC(=O)O[C@H]1CC[C@@]2(C)C(=CCC3C4CCC(C(C)CCCC(C)C)[C@@]4(C)CCC32)C1. The number of hydrogen-bond acceptors (Lipinski definition) is 4. The summed E-state index contributed by atoms with van der Waals surface area (Å²) in [4.78, 5) is 12.4. The van der Waals surface area contributed by atoms with Crippen LogP contribution >= 0.6 is 0 Å². The fourth-order valence-corrected chi connectivity index (χ4v) is 9.42. The van der Waals surface area contributed by atoms with Gasteiger partial charge in [-0.1, -0.05) is 65.5 Å². The number of hydrogen-bond donors (Lipinski definition) is 1. The Morgan fingerprint density at radius 1 is 1.03 bits per heavy atom. The van der Waals surface area contributed by atoms with Crippen LogP contribution in [-0.4, -0.2) is 45.7 Å². The van der Waals surface area contributed by atoms with E-state index in [1.54, 1.807) is 12.7 Å². The minimum absolute atomic E-state index is 0.00306. The van der Waals surface area contributed by atoms with Gasteiger partial charge in [-0.05, 0) is 91.3 Å². The minimum Gasteiger partial charge on any atom is -0.446 e. The summed E-state index contributed by atoms with van der Waals surface area (Å²) in [6, 6.07) is 0. The third kappa shape index (κ3) is 6.45.